The van der Waals surface area contributed by atoms with Crippen LogP contribution in [0.1, 0.15) is 259 Å². The zero-order valence-corrected chi connectivity index (χ0v) is 35.2. The van der Waals surface area contributed by atoms with Crippen LogP contribution in [-0.2, 0) is 19.1 Å². The van der Waals surface area contributed by atoms with Gasteiger partial charge in [-0.15, -0.1) is 0 Å². The average Bonchev–Trinajstić information content (AvgIpc) is 3.12. The molecule has 0 bridgehead atoms. The Hall–Kier alpha value is -1.10. The van der Waals surface area contributed by atoms with Crippen molar-refractivity contribution in [3.8, 4) is 0 Å². The summed E-state index contributed by atoms with van der Waals surface area (Å²) in [5, 5.41) is 3.64. The molecule has 0 aliphatic carbocycles. The second-order valence-corrected chi connectivity index (χ2v) is 15.8. The van der Waals surface area contributed by atoms with Crippen molar-refractivity contribution >= 4 is 11.9 Å². The van der Waals surface area contributed by atoms with Crippen LogP contribution in [0.2, 0.25) is 0 Å². The first-order chi connectivity index (χ1) is 25.1. The molecule has 0 radical (unpaired) electrons. The molecule has 0 saturated heterocycles. The lowest BCUT2D eigenvalue weighted by atomic mass is 10.0. The number of hydrogen-bond donors (Lipinski definition) is 1. The van der Waals surface area contributed by atoms with Gasteiger partial charge in [0, 0.05) is 12.8 Å². The highest BCUT2D eigenvalue weighted by molar-refractivity contribution is 5.69. The van der Waals surface area contributed by atoms with E-state index in [1.165, 1.54) is 167 Å². The third kappa shape index (κ3) is 38.4. The zero-order valence-electron chi connectivity index (χ0n) is 35.2. The van der Waals surface area contributed by atoms with Gasteiger partial charge in [0.05, 0.1) is 0 Å². The molecule has 304 valence electrons. The molecule has 0 fully saturated rings. The van der Waals surface area contributed by atoms with Gasteiger partial charge in [-0.05, 0) is 90.1 Å². The number of rotatable bonds is 42. The van der Waals surface area contributed by atoms with Crippen LogP contribution < -0.4 is 5.32 Å². The molecule has 0 amide bonds. The van der Waals surface area contributed by atoms with E-state index in [1.807, 2.05) is 0 Å². The predicted octanol–water partition coefficient (Wildman–Crippen LogP) is 14.5. The summed E-state index contributed by atoms with van der Waals surface area (Å²) in [6.45, 7) is 11.3. The largest absolute Gasteiger partial charge is 0.462 e. The number of esters is 2. The third-order valence-electron chi connectivity index (χ3n) is 10.6. The lowest BCUT2D eigenvalue weighted by molar-refractivity contribution is -0.151. The van der Waals surface area contributed by atoms with E-state index in [9.17, 15) is 9.59 Å². The SMILES string of the molecule is CCCCCCC(CCCCCC)OC(=O)CCCCCCCCCNCCCCCCCCCC(=O)OC(CCCCCC)CCCCCC. The molecule has 5 heteroatoms. The smallest absolute Gasteiger partial charge is 0.306 e. The lowest BCUT2D eigenvalue weighted by Gasteiger charge is -2.18. The Morgan fingerprint density at radius 3 is 0.902 bits per heavy atom. The lowest BCUT2D eigenvalue weighted by Crippen LogP contribution is -2.18. The molecular weight excluding hydrogens is 631 g/mol. The molecule has 51 heavy (non-hydrogen) atoms. The van der Waals surface area contributed by atoms with Gasteiger partial charge < -0.3 is 14.8 Å². The number of unbranched alkanes of at least 4 members (excludes halogenated alkanes) is 24. The molecular formula is C46H91NO4. The molecule has 0 unspecified atom stereocenters. The van der Waals surface area contributed by atoms with E-state index < -0.39 is 0 Å². The second-order valence-electron chi connectivity index (χ2n) is 15.8. The van der Waals surface area contributed by atoms with Gasteiger partial charge in [0.15, 0.2) is 0 Å². The summed E-state index contributed by atoms with van der Waals surface area (Å²) in [6, 6.07) is 0. The van der Waals surface area contributed by atoms with Crippen molar-refractivity contribution < 1.29 is 19.1 Å². The standard InChI is InChI=1S/C46H91NO4/c1-5-9-13-27-35-43(36-28-14-10-6-2)50-45(48)39-31-23-19-17-21-25-33-41-47-42-34-26-22-18-20-24-32-40-46(49)51-44(37-29-15-11-7-3)38-30-16-12-8-4/h43-44,47H,5-42H2,1-4H3. The van der Waals surface area contributed by atoms with Crippen molar-refractivity contribution in [1.82, 2.24) is 5.32 Å². The Bertz CT molecular complexity index is 631. The van der Waals surface area contributed by atoms with Crippen LogP contribution >= 0.6 is 0 Å². The first-order valence-electron chi connectivity index (χ1n) is 23.2. The van der Waals surface area contributed by atoms with Crippen LogP contribution in [0.3, 0.4) is 0 Å². The Kier molecular flexibility index (Phi) is 40.8. The maximum Gasteiger partial charge on any atom is 0.306 e. The van der Waals surface area contributed by atoms with Gasteiger partial charge in [0.2, 0.25) is 0 Å². The van der Waals surface area contributed by atoms with Gasteiger partial charge in [0.1, 0.15) is 12.2 Å². The number of ether oxygens (including phenoxy) is 2. The van der Waals surface area contributed by atoms with Gasteiger partial charge in [-0.1, -0.05) is 169 Å². The van der Waals surface area contributed by atoms with Crippen molar-refractivity contribution in [2.75, 3.05) is 13.1 Å². The van der Waals surface area contributed by atoms with E-state index in [1.54, 1.807) is 0 Å². The Balaban J connectivity index is 3.64. The molecule has 1 N–H and O–H groups in total. The highest BCUT2D eigenvalue weighted by Gasteiger charge is 2.15. The highest BCUT2D eigenvalue weighted by Crippen LogP contribution is 2.19. The summed E-state index contributed by atoms with van der Waals surface area (Å²) in [6.07, 6.45) is 42.7. The van der Waals surface area contributed by atoms with Crippen molar-refractivity contribution in [3.63, 3.8) is 0 Å². The fraction of sp³-hybridized carbons (Fsp3) is 0.957. The van der Waals surface area contributed by atoms with E-state index in [0.717, 1.165) is 64.5 Å². The van der Waals surface area contributed by atoms with Gasteiger partial charge >= 0.3 is 11.9 Å². The fourth-order valence-electron chi connectivity index (χ4n) is 7.14. The van der Waals surface area contributed by atoms with Crippen molar-refractivity contribution in [1.29, 1.82) is 0 Å². The minimum atomic E-state index is 0.0379. The van der Waals surface area contributed by atoms with Crippen molar-refractivity contribution in [2.45, 2.75) is 271 Å². The number of carbonyl (C=O) groups is 2. The van der Waals surface area contributed by atoms with Crippen LogP contribution in [0.4, 0.5) is 0 Å². The molecule has 0 atom stereocenters. The molecule has 0 aromatic heterocycles. The van der Waals surface area contributed by atoms with Gasteiger partial charge in [-0.25, -0.2) is 0 Å². The highest BCUT2D eigenvalue weighted by atomic mass is 16.5. The molecule has 0 aromatic carbocycles. The van der Waals surface area contributed by atoms with Crippen molar-refractivity contribution in [2.24, 2.45) is 0 Å². The predicted molar refractivity (Wildman–Crippen MR) is 222 cm³/mol. The maximum atomic E-state index is 12.5. The van der Waals surface area contributed by atoms with Crippen LogP contribution in [0.5, 0.6) is 0 Å². The molecule has 0 saturated carbocycles. The zero-order chi connectivity index (χ0) is 37.3. The third-order valence-corrected chi connectivity index (χ3v) is 10.6. The molecule has 0 aromatic rings. The number of nitrogens with one attached hydrogen (secondary N) is 1. The summed E-state index contributed by atoms with van der Waals surface area (Å²) in [5.74, 6) is 0.0757. The van der Waals surface area contributed by atoms with Crippen molar-refractivity contribution in [3.05, 3.63) is 0 Å². The van der Waals surface area contributed by atoms with E-state index in [2.05, 4.69) is 33.0 Å². The first-order valence-corrected chi connectivity index (χ1v) is 23.2. The average molecular weight is 722 g/mol. The fourth-order valence-corrected chi connectivity index (χ4v) is 7.14. The summed E-state index contributed by atoms with van der Waals surface area (Å²) in [7, 11) is 0. The summed E-state index contributed by atoms with van der Waals surface area (Å²) in [4.78, 5) is 25.0. The molecule has 5 nitrogen and oxygen atoms in total. The summed E-state index contributed by atoms with van der Waals surface area (Å²) >= 11 is 0. The van der Waals surface area contributed by atoms with Gasteiger partial charge in [0.25, 0.3) is 0 Å². The van der Waals surface area contributed by atoms with Crippen LogP contribution in [0.25, 0.3) is 0 Å². The topological polar surface area (TPSA) is 64.6 Å². The van der Waals surface area contributed by atoms with Crippen LogP contribution in [0.15, 0.2) is 0 Å². The maximum absolute atomic E-state index is 12.5. The molecule has 0 aliphatic heterocycles. The van der Waals surface area contributed by atoms with E-state index in [-0.39, 0.29) is 24.1 Å². The number of carbonyl (C=O) groups excluding carboxylic acids is 2. The summed E-state index contributed by atoms with van der Waals surface area (Å²) < 4.78 is 11.9. The normalized spacial score (nSPS) is 11.6. The molecule has 0 aliphatic rings. The quantitative estimate of drug-likeness (QED) is 0.0502. The Morgan fingerprint density at radius 1 is 0.353 bits per heavy atom. The second kappa shape index (κ2) is 41.7. The Labute approximate surface area is 319 Å². The minimum absolute atomic E-state index is 0.0379. The molecule has 0 spiro atoms. The molecule has 0 heterocycles. The van der Waals surface area contributed by atoms with E-state index >= 15 is 0 Å². The van der Waals surface area contributed by atoms with Crippen LogP contribution in [-0.4, -0.2) is 37.2 Å². The van der Waals surface area contributed by atoms with Gasteiger partial charge in [-0.3, -0.25) is 9.59 Å². The monoisotopic (exact) mass is 722 g/mol. The summed E-state index contributed by atoms with van der Waals surface area (Å²) in [5.41, 5.74) is 0. The van der Waals surface area contributed by atoms with Crippen LogP contribution in [0, 0.1) is 0 Å². The molecule has 0 rings (SSSR count). The minimum Gasteiger partial charge on any atom is -0.462 e. The Morgan fingerprint density at radius 2 is 0.608 bits per heavy atom. The number of hydrogen-bond acceptors (Lipinski definition) is 5. The first kappa shape index (κ1) is 49.9. The van der Waals surface area contributed by atoms with E-state index in [4.69, 9.17) is 9.47 Å². The van der Waals surface area contributed by atoms with E-state index in [0.29, 0.717) is 12.8 Å². The van der Waals surface area contributed by atoms with Gasteiger partial charge in [-0.2, -0.15) is 0 Å².